The Bertz CT molecular complexity index is 567. The molecule has 94 valence electrons. The Morgan fingerprint density at radius 2 is 2.22 bits per heavy atom. The van der Waals surface area contributed by atoms with Crippen LogP contribution in [-0.4, -0.2) is 10.9 Å². The summed E-state index contributed by atoms with van der Waals surface area (Å²) in [6, 6.07) is 1.90. The van der Waals surface area contributed by atoms with Gasteiger partial charge in [-0.15, -0.1) is 22.7 Å². The fourth-order valence-corrected chi connectivity index (χ4v) is 4.38. The summed E-state index contributed by atoms with van der Waals surface area (Å²) in [7, 11) is 0. The molecule has 0 unspecified atom stereocenters. The fraction of sp³-hybridized carbons (Fsp3) is 0.333. The number of fused-ring (bicyclic) bond motifs is 1. The number of thiazole rings is 1. The molecule has 0 aliphatic heterocycles. The van der Waals surface area contributed by atoms with Gasteiger partial charge in [0.2, 0.25) is 0 Å². The second-order valence-electron chi connectivity index (χ2n) is 4.19. The van der Waals surface area contributed by atoms with Gasteiger partial charge in [-0.25, -0.2) is 4.98 Å². The Morgan fingerprint density at radius 3 is 2.94 bits per heavy atom. The zero-order valence-electron chi connectivity index (χ0n) is 9.53. The van der Waals surface area contributed by atoms with Crippen LogP contribution < -0.4 is 5.32 Å². The molecule has 0 spiro atoms. The maximum absolute atomic E-state index is 12.0. The van der Waals surface area contributed by atoms with E-state index < -0.39 is 0 Å². The summed E-state index contributed by atoms with van der Waals surface area (Å²) in [5, 5.41) is 5.52. The Hall–Kier alpha value is -0.470. The third kappa shape index (κ3) is 2.60. The highest BCUT2D eigenvalue weighted by atomic mass is 127. The maximum atomic E-state index is 12.0. The first-order valence-corrected chi connectivity index (χ1v) is 8.54. The molecule has 0 atom stereocenters. The highest BCUT2D eigenvalue weighted by molar-refractivity contribution is 14.1. The Balaban J connectivity index is 1.76. The minimum atomic E-state index is -0.0553. The minimum Gasteiger partial charge on any atom is -0.298 e. The molecule has 0 bridgehead atoms. The second kappa shape index (κ2) is 5.26. The van der Waals surface area contributed by atoms with Crippen LogP contribution in [0.3, 0.4) is 0 Å². The zero-order chi connectivity index (χ0) is 12.5. The van der Waals surface area contributed by atoms with E-state index in [0.717, 1.165) is 26.4 Å². The molecule has 2 aromatic rings. The number of hydrogen-bond acceptors (Lipinski definition) is 4. The predicted molar refractivity (Wildman–Crippen MR) is 83.7 cm³/mol. The molecule has 3 rings (SSSR count). The number of carbonyl (C=O) groups excluding carboxylic acids is 1. The van der Waals surface area contributed by atoms with Gasteiger partial charge in [-0.2, -0.15) is 0 Å². The number of nitrogens with zero attached hydrogens (tertiary/aromatic N) is 1. The van der Waals surface area contributed by atoms with Crippen LogP contribution in [0.2, 0.25) is 0 Å². The van der Waals surface area contributed by atoms with Crippen LogP contribution in [0, 0.1) is 2.88 Å². The Morgan fingerprint density at radius 1 is 1.39 bits per heavy atom. The summed E-state index contributed by atoms with van der Waals surface area (Å²) in [5.41, 5.74) is 1.90. The Kier molecular flexibility index (Phi) is 3.67. The molecule has 18 heavy (non-hydrogen) atoms. The normalized spacial score (nSPS) is 14.3. The Labute approximate surface area is 127 Å². The van der Waals surface area contributed by atoms with E-state index in [4.69, 9.17) is 0 Å². The summed E-state index contributed by atoms with van der Waals surface area (Å²) in [6.45, 7) is 0. The first kappa shape index (κ1) is 12.6. The number of carbonyl (C=O) groups is 1. The highest BCUT2D eigenvalue weighted by Crippen LogP contribution is 2.30. The summed E-state index contributed by atoms with van der Waals surface area (Å²) in [5.74, 6) is -0.0553. The van der Waals surface area contributed by atoms with E-state index in [1.807, 2.05) is 11.4 Å². The van der Waals surface area contributed by atoms with Gasteiger partial charge in [0, 0.05) is 10.3 Å². The van der Waals surface area contributed by atoms with Crippen molar-refractivity contribution in [3.05, 3.63) is 30.5 Å². The molecule has 0 saturated heterocycles. The SMILES string of the molecule is O=C(Nc1nc2c(s1)CCCC2)c1csc(I)c1. The van der Waals surface area contributed by atoms with Crippen LogP contribution in [0.5, 0.6) is 0 Å². The summed E-state index contributed by atoms with van der Waals surface area (Å²) >= 11 is 5.42. The molecule has 0 radical (unpaired) electrons. The van der Waals surface area contributed by atoms with Gasteiger partial charge < -0.3 is 0 Å². The lowest BCUT2D eigenvalue weighted by Gasteiger charge is -2.06. The van der Waals surface area contributed by atoms with Crippen LogP contribution in [-0.2, 0) is 12.8 Å². The van der Waals surface area contributed by atoms with E-state index in [2.05, 4.69) is 32.9 Å². The van der Waals surface area contributed by atoms with Crippen LogP contribution in [0.25, 0.3) is 0 Å². The molecule has 0 saturated carbocycles. The van der Waals surface area contributed by atoms with Crippen molar-refractivity contribution >= 4 is 56.3 Å². The van der Waals surface area contributed by atoms with Gasteiger partial charge in [0.15, 0.2) is 5.13 Å². The summed E-state index contributed by atoms with van der Waals surface area (Å²) in [4.78, 5) is 17.9. The van der Waals surface area contributed by atoms with Gasteiger partial charge in [-0.1, -0.05) is 0 Å². The number of rotatable bonds is 2. The lowest BCUT2D eigenvalue weighted by atomic mass is 10.0. The summed E-state index contributed by atoms with van der Waals surface area (Å²) in [6.07, 6.45) is 4.62. The average molecular weight is 390 g/mol. The van der Waals surface area contributed by atoms with E-state index in [1.54, 1.807) is 22.7 Å². The number of amides is 1. The standard InChI is InChI=1S/C12H11IN2OS2/c13-10-5-7(6-17-10)11(16)15-12-14-8-3-1-2-4-9(8)18-12/h5-6H,1-4H2,(H,14,15,16). The molecule has 1 aliphatic rings. The topological polar surface area (TPSA) is 42.0 Å². The van der Waals surface area contributed by atoms with Crippen molar-refractivity contribution in [2.75, 3.05) is 5.32 Å². The molecule has 1 amide bonds. The number of halogens is 1. The molecule has 0 fully saturated rings. The van der Waals surface area contributed by atoms with E-state index in [0.29, 0.717) is 0 Å². The van der Waals surface area contributed by atoms with Crippen molar-refractivity contribution in [1.82, 2.24) is 4.98 Å². The summed E-state index contributed by atoms with van der Waals surface area (Å²) < 4.78 is 1.12. The first-order chi connectivity index (χ1) is 8.72. The van der Waals surface area contributed by atoms with Gasteiger partial charge in [0.25, 0.3) is 5.91 Å². The zero-order valence-corrected chi connectivity index (χ0v) is 13.3. The number of aryl methyl sites for hydroxylation is 2. The lowest BCUT2D eigenvalue weighted by molar-refractivity contribution is 0.102. The van der Waals surface area contributed by atoms with Crippen LogP contribution in [0.15, 0.2) is 11.4 Å². The molecule has 6 heteroatoms. The van der Waals surface area contributed by atoms with Crippen molar-refractivity contribution in [1.29, 1.82) is 0 Å². The minimum absolute atomic E-state index is 0.0553. The molecule has 1 N–H and O–H groups in total. The molecule has 3 nitrogen and oxygen atoms in total. The lowest BCUT2D eigenvalue weighted by Crippen LogP contribution is -2.10. The van der Waals surface area contributed by atoms with Crippen LogP contribution in [0.4, 0.5) is 5.13 Å². The van der Waals surface area contributed by atoms with Gasteiger partial charge in [0.05, 0.1) is 14.1 Å². The van der Waals surface area contributed by atoms with Crippen molar-refractivity contribution < 1.29 is 4.79 Å². The van der Waals surface area contributed by atoms with Crippen molar-refractivity contribution in [3.63, 3.8) is 0 Å². The predicted octanol–water partition coefficient (Wildman–Crippen LogP) is 3.94. The molecule has 0 aromatic carbocycles. The van der Waals surface area contributed by atoms with E-state index in [-0.39, 0.29) is 5.91 Å². The molecular formula is C12H11IN2OS2. The number of thiophene rings is 1. The van der Waals surface area contributed by atoms with Crippen molar-refractivity contribution in [2.24, 2.45) is 0 Å². The molecule has 2 aromatic heterocycles. The van der Waals surface area contributed by atoms with Gasteiger partial charge in [-0.05, 0) is 54.3 Å². The number of nitrogens with one attached hydrogen (secondary N) is 1. The quantitative estimate of drug-likeness (QED) is 0.790. The van der Waals surface area contributed by atoms with Gasteiger partial charge >= 0.3 is 0 Å². The van der Waals surface area contributed by atoms with Crippen molar-refractivity contribution in [3.8, 4) is 0 Å². The molecule has 1 aliphatic carbocycles. The fourth-order valence-electron chi connectivity index (χ4n) is 2.00. The van der Waals surface area contributed by atoms with Crippen LogP contribution in [0.1, 0.15) is 33.8 Å². The number of anilines is 1. The highest BCUT2D eigenvalue weighted by Gasteiger charge is 2.17. The van der Waals surface area contributed by atoms with E-state index in [1.165, 1.54) is 23.4 Å². The van der Waals surface area contributed by atoms with E-state index in [9.17, 15) is 4.79 Å². The molecule has 2 heterocycles. The average Bonchev–Trinajstić information content (AvgIpc) is 2.94. The molecular weight excluding hydrogens is 379 g/mol. The largest absolute Gasteiger partial charge is 0.298 e. The first-order valence-electron chi connectivity index (χ1n) is 5.76. The smallest absolute Gasteiger partial charge is 0.258 e. The number of aromatic nitrogens is 1. The monoisotopic (exact) mass is 390 g/mol. The third-order valence-electron chi connectivity index (χ3n) is 2.90. The third-order valence-corrected chi connectivity index (χ3v) is 5.76. The van der Waals surface area contributed by atoms with E-state index >= 15 is 0 Å². The maximum Gasteiger partial charge on any atom is 0.258 e. The van der Waals surface area contributed by atoms with Crippen LogP contribution >= 0.6 is 45.3 Å². The number of hydrogen-bond donors (Lipinski definition) is 1. The second-order valence-corrected chi connectivity index (χ2v) is 8.08. The van der Waals surface area contributed by atoms with Gasteiger partial charge in [-0.3, -0.25) is 10.1 Å². The van der Waals surface area contributed by atoms with Gasteiger partial charge in [0.1, 0.15) is 0 Å². The van der Waals surface area contributed by atoms with Crippen molar-refractivity contribution in [2.45, 2.75) is 25.7 Å².